The molecule has 182 valence electrons. The lowest BCUT2D eigenvalue weighted by Crippen LogP contribution is -2.57. The quantitative estimate of drug-likeness (QED) is 0.185. The van der Waals surface area contributed by atoms with E-state index in [1.807, 2.05) is 6.26 Å². The van der Waals surface area contributed by atoms with Crippen molar-refractivity contribution in [2.24, 2.45) is 11.7 Å². The number of carbonyl (C=O) groups excluding carboxylic acids is 4. The van der Waals surface area contributed by atoms with E-state index in [2.05, 4.69) is 21.3 Å². The van der Waals surface area contributed by atoms with Crippen molar-refractivity contribution < 1.29 is 29.1 Å². The average molecular weight is 474 g/mol. The maximum atomic E-state index is 12.9. The Morgan fingerprint density at radius 1 is 1.06 bits per heavy atom. The Kier molecular flexibility index (Phi) is 12.1. The molecule has 32 heavy (non-hydrogen) atoms. The van der Waals surface area contributed by atoms with Crippen LogP contribution in [-0.2, 0) is 24.0 Å². The van der Waals surface area contributed by atoms with Gasteiger partial charge in [-0.25, -0.2) is 4.79 Å². The van der Waals surface area contributed by atoms with E-state index in [1.54, 1.807) is 13.8 Å². The maximum Gasteiger partial charge on any atom is 0.326 e. The summed E-state index contributed by atoms with van der Waals surface area (Å²) in [4.78, 5) is 60.8. The fraction of sp³-hybridized carbons (Fsp3) is 0.750. The van der Waals surface area contributed by atoms with Crippen LogP contribution in [0.2, 0.25) is 0 Å². The van der Waals surface area contributed by atoms with Crippen molar-refractivity contribution in [2.45, 2.75) is 70.1 Å². The molecule has 1 rings (SSSR count). The van der Waals surface area contributed by atoms with Crippen LogP contribution in [0.4, 0.5) is 0 Å². The summed E-state index contributed by atoms with van der Waals surface area (Å²) in [5.41, 5.74) is 5.19. The van der Waals surface area contributed by atoms with Gasteiger partial charge in [0.1, 0.15) is 18.1 Å². The molecular weight excluding hydrogens is 438 g/mol. The molecule has 1 aliphatic heterocycles. The largest absolute Gasteiger partial charge is 0.480 e. The number of hydrogen-bond donors (Lipinski definition) is 6. The monoisotopic (exact) mass is 473 g/mol. The Balaban J connectivity index is 2.92. The number of carboxylic acid groups (broad SMARTS) is 1. The number of carbonyl (C=O) groups is 5. The highest BCUT2D eigenvalue weighted by Crippen LogP contribution is 2.09. The Hall–Kier alpha value is -2.34. The van der Waals surface area contributed by atoms with Gasteiger partial charge in [0.25, 0.3) is 0 Å². The highest BCUT2D eigenvalue weighted by Gasteiger charge is 2.32. The van der Waals surface area contributed by atoms with Crippen LogP contribution in [0.25, 0.3) is 0 Å². The van der Waals surface area contributed by atoms with Crippen molar-refractivity contribution >= 4 is 41.4 Å². The predicted molar refractivity (Wildman–Crippen MR) is 121 cm³/mol. The lowest BCUT2D eigenvalue weighted by atomic mass is 10.0. The van der Waals surface area contributed by atoms with Gasteiger partial charge in [-0.15, -0.1) is 0 Å². The highest BCUT2D eigenvalue weighted by atomic mass is 32.2. The smallest absolute Gasteiger partial charge is 0.326 e. The van der Waals surface area contributed by atoms with E-state index in [-0.39, 0.29) is 24.8 Å². The number of hydrogen-bond acceptors (Lipinski definition) is 7. The van der Waals surface area contributed by atoms with Gasteiger partial charge in [0.15, 0.2) is 0 Å². The third-order valence-electron chi connectivity index (χ3n) is 5.16. The zero-order valence-corrected chi connectivity index (χ0v) is 19.6. The average Bonchev–Trinajstić information content (AvgIpc) is 3.26. The molecule has 4 atom stereocenters. The summed E-state index contributed by atoms with van der Waals surface area (Å²) in [6.07, 6.45) is 3.50. The van der Waals surface area contributed by atoms with E-state index in [0.717, 1.165) is 13.0 Å². The molecule has 0 aromatic heterocycles. The molecule has 1 fully saturated rings. The van der Waals surface area contributed by atoms with Crippen molar-refractivity contribution in [3.8, 4) is 0 Å². The second-order valence-corrected chi connectivity index (χ2v) is 9.11. The van der Waals surface area contributed by atoms with Gasteiger partial charge in [-0.3, -0.25) is 19.2 Å². The minimum absolute atomic E-state index is 0.0925. The Bertz CT molecular complexity index is 683. The first-order valence-corrected chi connectivity index (χ1v) is 12.1. The molecule has 0 aromatic rings. The fourth-order valence-electron chi connectivity index (χ4n) is 3.28. The molecule has 0 radical (unpaired) electrons. The second kappa shape index (κ2) is 13.9. The van der Waals surface area contributed by atoms with Gasteiger partial charge in [0.05, 0.1) is 6.04 Å². The van der Waals surface area contributed by atoms with Gasteiger partial charge in [0, 0.05) is 6.42 Å². The summed E-state index contributed by atoms with van der Waals surface area (Å²) in [5.74, 6) is -3.25. The first-order valence-electron chi connectivity index (χ1n) is 10.7. The lowest BCUT2D eigenvalue weighted by Gasteiger charge is -2.26. The van der Waals surface area contributed by atoms with E-state index < -0.39 is 47.7 Å². The van der Waals surface area contributed by atoms with Gasteiger partial charge >= 0.3 is 5.97 Å². The molecule has 0 aromatic carbocycles. The third kappa shape index (κ3) is 9.43. The van der Waals surface area contributed by atoms with Gasteiger partial charge < -0.3 is 32.1 Å². The first kappa shape index (κ1) is 27.7. The summed E-state index contributed by atoms with van der Waals surface area (Å²) >= 11 is 1.51. The van der Waals surface area contributed by atoms with E-state index in [9.17, 15) is 29.1 Å². The van der Waals surface area contributed by atoms with Crippen LogP contribution in [0.1, 0.15) is 46.0 Å². The molecule has 4 unspecified atom stereocenters. The molecule has 0 spiro atoms. The molecule has 1 saturated heterocycles. The van der Waals surface area contributed by atoms with E-state index in [4.69, 9.17) is 5.73 Å². The van der Waals surface area contributed by atoms with Crippen LogP contribution in [0, 0.1) is 5.92 Å². The molecular formula is C20H35N5O6S. The zero-order valence-electron chi connectivity index (χ0n) is 18.8. The molecule has 12 heteroatoms. The highest BCUT2D eigenvalue weighted by molar-refractivity contribution is 7.98. The molecule has 0 aliphatic carbocycles. The van der Waals surface area contributed by atoms with Crippen LogP contribution in [0.3, 0.4) is 0 Å². The number of thioether (sulfide) groups is 1. The van der Waals surface area contributed by atoms with Gasteiger partial charge in [-0.2, -0.15) is 11.8 Å². The van der Waals surface area contributed by atoms with E-state index in [1.165, 1.54) is 11.8 Å². The van der Waals surface area contributed by atoms with Crippen LogP contribution >= 0.6 is 11.8 Å². The van der Waals surface area contributed by atoms with Crippen LogP contribution < -0.4 is 27.0 Å². The second-order valence-electron chi connectivity index (χ2n) is 8.13. The molecule has 11 nitrogen and oxygen atoms in total. The molecule has 1 heterocycles. The standard InChI is InChI=1S/C20H35N5O6S/c1-11(2)16(20(30)31)25-19(29)13(6-7-15(21)26)23-18(28)14(8-10-32-3)24-17(27)12-5-4-9-22-12/h11-14,16,22H,4-10H2,1-3H3,(H2,21,26)(H,23,28)(H,24,27)(H,25,29)(H,30,31). The molecule has 0 saturated carbocycles. The number of amides is 4. The Labute approximate surface area is 192 Å². The summed E-state index contributed by atoms with van der Waals surface area (Å²) in [6.45, 7) is 4.01. The normalized spacial score (nSPS) is 18.4. The van der Waals surface area contributed by atoms with Gasteiger partial charge in [-0.05, 0) is 50.2 Å². The summed E-state index contributed by atoms with van der Waals surface area (Å²) in [7, 11) is 0. The van der Waals surface area contributed by atoms with Crippen LogP contribution in [0.15, 0.2) is 0 Å². The molecule has 0 bridgehead atoms. The van der Waals surface area contributed by atoms with Crippen LogP contribution in [-0.4, -0.2) is 77.4 Å². The van der Waals surface area contributed by atoms with Crippen LogP contribution in [0.5, 0.6) is 0 Å². The SMILES string of the molecule is CSCCC(NC(=O)C1CCCN1)C(=O)NC(CCC(N)=O)C(=O)NC(C(=O)O)C(C)C. The number of rotatable bonds is 14. The maximum absolute atomic E-state index is 12.9. The van der Waals surface area contributed by atoms with E-state index >= 15 is 0 Å². The van der Waals surface area contributed by atoms with Gasteiger partial charge in [0.2, 0.25) is 23.6 Å². The molecule has 1 aliphatic rings. The minimum Gasteiger partial charge on any atom is -0.480 e. The number of aliphatic carboxylic acids is 1. The number of primary amides is 1. The Morgan fingerprint density at radius 3 is 2.19 bits per heavy atom. The fourth-order valence-corrected chi connectivity index (χ4v) is 3.75. The first-order chi connectivity index (χ1) is 15.1. The van der Waals surface area contributed by atoms with Crippen molar-refractivity contribution in [1.82, 2.24) is 21.3 Å². The predicted octanol–water partition coefficient (Wildman–Crippen LogP) is -1.05. The number of carboxylic acids is 1. The zero-order chi connectivity index (χ0) is 24.3. The van der Waals surface area contributed by atoms with Crippen molar-refractivity contribution in [1.29, 1.82) is 0 Å². The topological polar surface area (TPSA) is 180 Å². The minimum atomic E-state index is -1.21. The van der Waals surface area contributed by atoms with E-state index in [0.29, 0.717) is 18.6 Å². The summed E-state index contributed by atoms with van der Waals surface area (Å²) in [6, 6.07) is -3.57. The van der Waals surface area contributed by atoms with Crippen molar-refractivity contribution in [3.63, 3.8) is 0 Å². The van der Waals surface area contributed by atoms with Crippen molar-refractivity contribution in [2.75, 3.05) is 18.6 Å². The summed E-state index contributed by atoms with van der Waals surface area (Å²) in [5, 5.41) is 20.1. The molecule has 7 N–H and O–H groups in total. The number of nitrogens with one attached hydrogen (secondary N) is 4. The Morgan fingerprint density at radius 2 is 1.69 bits per heavy atom. The third-order valence-corrected chi connectivity index (χ3v) is 5.81. The number of nitrogens with two attached hydrogens (primary N) is 1. The van der Waals surface area contributed by atoms with Crippen molar-refractivity contribution in [3.05, 3.63) is 0 Å². The molecule has 4 amide bonds. The summed E-state index contributed by atoms with van der Waals surface area (Å²) < 4.78 is 0. The lowest BCUT2D eigenvalue weighted by molar-refractivity contribution is -0.143. The van der Waals surface area contributed by atoms with Gasteiger partial charge in [-0.1, -0.05) is 13.8 Å².